The summed E-state index contributed by atoms with van der Waals surface area (Å²) in [5.41, 5.74) is 5.52. The van der Waals surface area contributed by atoms with E-state index in [1.165, 1.54) is 0 Å². The Morgan fingerprint density at radius 2 is 1.91 bits per heavy atom. The predicted octanol–water partition coefficient (Wildman–Crippen LogP) is 1.68. The van der Waals surface area contributed by atoms with Crippen molar-refractivity contribution in [3.8, 4) is 0 Å². The van der Waals surface area contributed by atoms with Gasteiger partial charge < -0.3 is 5.73 Å². The summed E-state index contributed by atoms with van der Waals surface area (Å²) in [6.45, 7) is 1.85. The molecule has 1 atom stereocenters. The zero-order valence-electron chi connectivity index (χ0n) is 5.99. The molecule has 1 aromatic heterocycles. The molecule has 0 aromatic carbocycles. The second kappa shape index (κ2) is 4.64. The van der Waals surface area contributed by atoms with Crippen LogP contribution in [0.1, 0.15) is 18.8 Å². The van der Waals surface area contributed by atoms with Crippen LogP contribution < -0.4 is 5.73 Å². The van der Waals surface area contributed by atoms with E-state index in [2.05, 4.69) is 25.9 Å². The van der Waals surface area contributed by atoms with Gasteiger partial charge in [0.05, 0.1) is 10.5 Å². The zero-order chi connectivity index (χ0) is 7.56. The maximum absolute atomic E-state index is 5.52. The van der Waals surface area contributed by atoms with Gasteiger partial charge >= 0.3 is 0 Å². The van der Waals surface area contributed by atoms with E-state index in [4.69, 9.17) is 5.73 Å². The first-order valence-electron chi connectivity index (χ1n) is 2.93. The second-order valence-electron chi connectivity index (χ2n) is 2.05. The Bertz CT molecular complexity index is 212. The number of hydrogen-bond acceptors (Lipinski definition) is 3. The Morgan fingerprint density at radius 3 is 2.27 bits per heavy atom. The van der Waals surface area contributed by atoms with E-state index in [0.717, 1.165) is 4.47 Å². The maximum atomic E-state index is 5.52. The highest BCUT2D eigenvalue weighted by Gasteiger charge is 1.99. The van der Waals surface area contributed by atoms with E-state index in [-0.39, 0.29) is 18.4 Å². The third kappa shape index (κ3) is 3.14. The van der Waals surface area contributed by atoms with Crippen LogP contribution in [0.25, 0.3) is 0 Å². The lowest BCUT2D eigenvalue weighted by Crippen LogP contribution is -2.08. The van der Waals surface area contributed by atoms with E-state index in [1.807, 2.05) is 6.92 Å². The molecular weight excluding hydrogens is 229 g/mol. The minimum atomic E-state index is -0.0897. The van der Waals surface area contributed by atoms with Crippen molar-refractivity contribution in [2.75, 3.05) is 0 Å². The fourth-order valence-corrected chi connectivity index (χ4v) is 0.762. The van der Waals surface area contributed by atoms with Crippen molar-refractivity contribution in [2.45, 2.75) is 13.0 Å². The Hall–Kier alpha value is -0.190. The van der Waals surface area contributed by atoms with Crippen molar-refractivity contribution in [3.05, 3.63) is 22.7 Å². The van der Waals surface area contributed by atoms with Gasteiger partial charge in [-0.05, 0) is 22.9 Å². The minimum absolute atomic E-state index is 0. The van der Waals surface area contributed by atoms with E-state index >= 15 is 0 Å². The number of hydrogen-bond donors (Lipinski definition) is 1. The van der Waals surface area contributed by atoms with E-state index in [9.17, 15) is 0 Å². The molecule has 62 valence electrons. The fourth-order valence-electron chi connectivity index (χ4n) is 0.557. The summed E-state index contributed by atoms with van der Waals surface area (Å²) in [6.07, 6.45) is 3.37. The molecule has 0 amide bonds. The summed E-state index contributed by atoms with van der Waals surface area (Å²) in [5, 5.41) is 0. The first-order valence-corrected chi connectivity index (χ1v) is 3.72. The van der Waals surface area contributed by atoms with Gasteiger partial charge in [-0.25, -0.2) is 9.97 Å². The van der Waals surface area contributed by atoms with Gasteiger partial charge in [-0.3, -0.25) is 0 Å². The summed E-state index contributed by atoms with van der Waals surface area (Å²) >= 11 is 3.23. The van der Waals surface area contributed by atoms with Gasteiger partial charge in [0, 0.05) is 12.4 Å². The van der Waals surface area contributed by atoms with E-state index in [1.54, 1.807) is 12.4 Å². The molecule has 0 aliphatic heterocycles. The monoisotopic (exact) mass is 237 g/mol. The number of aromatic nitrogens is 2. The summed E-state index contributed by atoms with van der Waals surface area (Å²) in [5.74, 6) is 0.670. The largest absolute Gasteiger partial charge is 0.322 e. The first-order chi connectivity index (χ1) is 4.70. The van der Waals surface area contributed by atoms with Gasteiger partial charge in [0.15, 0.2) is 0 Å². The molecule has 0 spiro atoms. The van der Waals surface area contributed by atoms with Crippen LogP contribution in [0, 0.1) is 0 Å². The fraction of sp³-hybridized carbons (Fsp3) is 0.333. The highest BCUT2D eigenvalue weighted by molar-refractivity contribution is 9.10. The van der Waals surface area contributed by atoms with Crippen LogP contribution in [0.3, 0.4) is 0 Å². The lowest BCUT2D eigenvalue weighted by Gasteiger charge is -2.00. The zero-order valence-corrected chi connectivity index (χ0v) is 8.39. The normalized spacial score (nSPS) is 11.9. The number of rotatable bonds is 1. The molecule has 0 radical (unpaired) electrons. The van der Waals surface area contributed by atoms with Crippen LogP contribution in [0.4, 0.5) is 0 Å². The molecule has 0 aliphatic carbocycles. The molecule has 0 saturated heterocycles. The third-order valence-electron chi connectivity index (χ3n) is 1.05. The van der Waals surface area contributed by atoms with Gasteiger partial charge in [0.2, 0.25) is 0 Å². The smallest absolute Gasteiger partial charge is 0.144 e. The molecule has 0 saturated carbocycles. The Kier molecular flexibility index (Phi) is 4.56. The number of nitrogens with two attached hydrogens (primary N) is 1. The summed E-state index contributed by atoms with van der Waals surface area (Å²) in [7, 11) is 0. The van der Waals surface area contributed by atoms with Crippen molar-refractivity contribution in [1.29, 1.82) is 0 Å². The molecule has 1 rings (SSSR count). The van der Waals surface area contributed by atoms with Gasteiger partial charge in [-0.2, -0.15) is 0 Å². The molecule has 2 N–H and O–H groups in total. The Morgan fingerprint density at radius 1 is 1.45 bits per heavy atom. The van der Waals surface area contributed by atoms with Crippen LogP contribution in [0.15, 0.2) is 16.9 Å². The van der Waals surface area contributed by atoms with Crippen molar-refractivity contribution in [1.82, 2.24) is 9.97 Å². The lowest BCUT2D eigenvalue weighted by atomic mass is 10.3. The molecule has 1 heterocycles. The molecule has 1 aromatic rings. The Labute approximate surface area is 80.0 Å². The van der Waals surface area contributed by atoms with Gasteiger partial charge in [0.1, 0.15) is 5.82 Å². The molecule has 3 nitrogen and oxygen atoms in total. The highest BCUT2D eigenvalue weighted by atomic mass is 79.9. The lowest BCUT2D eigenvalue weighted by molar-refractivity contribution is 0.737. The number of nitrogens with zero attached hydrogens (tertiary/aromatic N) is 2. The molecule has 0 fully saturated rings. The first kappa shape index (κ1) is 10.8. The van der Waals surface area contributed by atoms with Crippen LogP contribution in [-0.4, -0.2) is 9.97 Å². The molecule has 0 bridgehead atoms. The van der Waals surface area contributed by atoms with Gasteiger partial charge in [-0.1, -0.05) is 0 Å². The average Bonchev–Trinajstić information content (AvgIpc) is 1.88. The van der Waals surface area contributed by atoms with E-state index in [0.29, 0.717) is 5.82 Å². The van der Waals surface area contributed by atoms with E-state index < -0.39 is 0 Å². The van der Waals surface area contributed by atoms with Crippen LogP contribution in [-0.2, 0) is 0 Å². The van der Waals surface area contributed by atoms with Gasteiger partial charge in [0.25, 0.3) is 0 Å². The van der Waals surface area contributed by atoms with Crippen molar-refractivity contribution in [3.63, 3.8) is 0 Å². The topological polar surface area (TPSA) is 51.8 Å². The quantitative estimate of drug-likeness (QED) is 0.810. The number of halogens is 2. The Balaban J connectivity index is 0.000001000. The van der Waals surface area contributed by atoms with Crippen molar-refractivity contribution in [2.24, 2.45) is 5.73 Å². The third-order valence-corrected chi connectivity index (χ3v) is 1.46. The predicted molar refractivity (Wildman–Crippen MR) is 49.6 cm³/mol. The average molecular weight is 239 g/mol. The van der Waals surface area contributed by atoms with Crippen LogP contribution >= 0.6 is 28.3 Å². The maximum Gasteiger partial charge on any atom is 0.144 e. The molecular formula is C6H9BrClN3. The summed E-state index contributed by atoms with van der Waals surface area (Å²) < 4.78 is 0.872. The van der Waals surface area contributed by atoms with Crippen molar-refractivity contribution >= 4 is 28.3 Å². The molecule has 11 heavy (non-hydrogen) atoms. The highest BCUT2D eigenvalue weighted by Crippen LogP contribution is 2.07. The van der Waals surface area contributed by atoms with Crippen LogP contribution in [0.2, 0.25) is 0 Å². The second-order valence-corrected chi connectivity index (χ2v) is 2.96. The SMILES string of the molecule is C[C@@H](N)c1ncc(Br)cn1.Cl. The minimum Gasteiger partial charge on any atom is -0.322 e. The van der Waals surface area contributed by atoms with Crippen molar-refractivity contribution < 1.29 is 0 Å². The van der Waals surface area contributed by atoms with Gasteiger partial charge in [-0.15, -0.1) is 12.4 Å². The standard InChI is InChI=1S/C6H8BrN3.ClH/c1-4(8)6-9-2-5(7)3-10-6;/h2-4H,8H2,1H3;1H/t4-;/m1./s1. The summed E-state index contributed by atoms with van der Waals surface area (Å²) in [4.78, 5) is 7.99. The van der Waals surface area contributed by atoms with Crippen LogP contribution in [0.5, 0.6) is 0 Å². The summed E-state index contributed by atoms with van der Waals surface area (Å²) in [6, 6.07) is -0.0897. The molecule has 0 unspecified atom stereocenters. The molecule has 0 aliphatic rings. The molecule has 5 heteroatoms.